The summed E-state index contributed by atoms with van der Waals surface area (Å²) in [5.74, 6) is -1.29. The van der Waals surface area contributed by atoms with Gasteiger partial charge in [-0.25, -0.2) is 13.3 Å². The smallest absolute Gasteiger partial charge is 0.261 e. The summed E-state index contributed by atoms with van der Waals surface area (Å²) >= 11 is 1.23. The van der Waals surface area contributed by atoms with Gasteiger partial charge in [-0.05, 0) is 67.6 Å². The lowest BCUT2D eigenvalue weighted by Crippen LogP contribution is -2.31. The minimum atomic E-state index is -3.72. The third-order valence-corrected chi connectivity index (χ3v) is 7.83. The number of anilines is 2. The third kappa shape index (κ3) is 4.97. The number of carbonyl (C=O) groups excluding carboxylic acids is 3. The fraction of sp³-hybridized carbons (Fsp3) is 0.125. The number of aryl methyl sites for hydroxylation is 1. The molecule has 3 aromatic carbocycles. The van der Waals surface area contributed by atoms with E-state index in [1.54, 1.807) is 36.4 Å². The summed E-state index contributed by atoms with van der Waals surface area (Å²) in [7, 11) is -3.72. The second-order valence-corrected chi connectivity index (χ2v) is 10.7. The van der Waals surface area contributed by atoms with Crippen molar-refractivity contribution in [2.45, 2.75) is 28.4 Å². The third-order valence-electron chi connectivity index (χ3n) is 5.23. The minimum Gasteiger partial charge on any atom is -0.366 e. The van der Waals surface area contributed by atoms with Gasteiger partial charge in [0.1, 0.15) is 0 Å². The number of carbonyl (C=O) groups is 3. The molecule has 3 amide bonds. The van der Waals surface area contributed by atoms with E-state index in [1.807, 2.05) is 6.92 Å². The van der Waals surface area contributed by atoms with E-state index in [9.17, 15) is 22.8 Å². The van der Waals surface area contributed by atoms with Gasteiger partial charge in [-0.2, -0.15) is 0 Å². The highest BCUT2D eigenvalue weighted by Crippen LogP contribution is 2.34. The average molecular weight is 496 g/mol. The number of nitrogens with zero attached hydrogens (tertiary/aromatic N) is 1. The predicted molar refractivity (Wildman–Crippen MR) is 130 cm³/mol. The van der Waals surface area contributed by atoms with Gasteiger partial charge in [0.15, 0.2) is 0 Å². The summed E-state index contributed by atoms with van der Waals surface area (Å²) in [6.45, 7) is 1.88. The molecule has 0 aromatic heterocycles. The zero-order valence-electron chi connectivity index (χ0n) is 18.1. The van der Waals surface area contributed by atoms with E-state index in [0.717, 1.165) is 15.4 Å². The van der Waals surface area contributed by atoms with Crippen LogP contribution in [0, 0.1) is 6.92 Å². The van der Waals surface area contributed by atoms with Crippen LogP contribution in [-0.2, 0) is 19.6 Å². The van der Waals surface area contributed by atoms with Crippen LogP contribution in [0.3, 0.4) is 0 Å². The molecule has 1 fully saturated rings. The Balaban J connectivity index is 1.43. The Morgan fingerprint density at radius 3 is 2.18 bits per heavy atom. The number of nitrogens with one attached hydrogen (secondary N) is 1. The zero-order chi connectivity index (χ0) is 24.5. The molecule has 1 saturated heterocycles. The van der Waals surface area contributed by atoms with E-state index in [4.69, 9.17) is 5.73 Å². The van der Waals surface area contributed by atoms with E-state index in [-0.39, 0.29) is 28.7 Å². The van der Waals surface area contributed by atoms with Gasteiger partial charge < -0.3 is 5.73 Å². The van der Waals surface area contributed by atoms with Gasteiger partial charge in [0.05, 0.1) is 15.8 Å². The van der Waals surface area contributed by atoms with Gasteiger partial charge in [0.25, 0.3) is 10.0 Å². The van der Waals surface area contributed by atoms with E-state index in [0.29, 0.717) is 11.4 Å². The van der Waals surface area contributed by atoms with Crippen molar-refractivity contribution < 1.29 is 22.8 Å². The molecule has 1 aliphatic rings. The van der Waals surface area contributed by atoms with Gasteiger partial charge in [0, 0.05) is 22.6 Å². The maximum atomic E-state index is 12.9. The summed E-state index contributed by atoms with van der Waals surface area (Å²) in [6.07, 6.45) is 0.0306. The van der Waals surface area contributed by atoms with Crippen molar-refractivity contribution in [3.8, 4) is 0 Å². The topological polar surface area (TPSA) is 127 Å². The summed E-state index contributed by atoms with van der Waals surface area (Å²) < 4.78 is 27.6. The number of rotatable bonds is 7. The summed E-state index contributed by atoms with van der Waals surface area (Å²) in [5, 5.41) is -0.613. The summed E-state index contributed by atoms with van der Waals surface area (Å²) in [4.78, 5) is 38.6. The lowest BCUT2D eigenvalue weighted by Gasteiger charge is -2.15. The molecule has 174 valence electrons. The molecule has 3 aromatic rings. The van der Waals surface area contributed by atoms with Crippen molar-refractivity contribution in [1.82, 2.24) is 0 Å². The first-order chi connectivity index (χ1) is 16.1. The van der Waals surface area contributed by atoms with Crippen molar-refractivity contribution in [2.24, 2.45) is 5.73 Å². The molecule has 4 rings (SSSR count). The van der Waals surface area contributed by atoms with Gasteiger partial charge in [-0.3, -0.25) is 19.1 Å². The van der Waals surface area contributed by atoms with E-state index in [2.05, 4.69) is 4.72 Å². The fourth-order valence-corrected chi connectivity index (χ4v) is 5.55. The molecule has 1 heterocycles. The Labute approximate surface area is 201 Å². The first-order valence-electron chi connectivity index (χ1n) is 10.3. The Kier molecular flexibility index (Phi) is 6.45. The number of primary amides is 1. The highest BCUT2D eigenvalue weighted by atomic mass is 32.2. The first kappa shape index (κ1) is 23.5. The van der Waals surface area contributed by atoms with Crippen molar-refractivity contribution in [2.75, 3.05) is 9.62 Å². The second kappa shape index (κ2) is 9.32. The molecule has 1 atom stereocenters. The van der Waals surface area contributed by atoms with Crippen molar-refractivity contribution in [3.63, 3.8) is 0 Å². The first-order valence-corrected chi connectivity index (χ1v) is 12.6. The van der Waals surface area contributed by atoms with Crippen LogP contribution in [0.1, 0.15) is 22.3 Å². The summed E-state index contributed by atoms with van der Waals surface area (Å²) in [6, 6.07) is 19.1. The predicted octanol–water partition coefficient (Wildman–Crippen LogP) is 3.32. The maximum Gasteiger partial charge on any atom is 0.261 e. The number of hydrogen-bond donors (Lipinski definition) is 2. The Morgan fingerprint density at radius 2 is 1.59 bits per heavy atom. The zero-order valence-corrected chi connectivity index (χ0v) is 19.7. The van der Waals surface area contributed by atoms with Crippen LogP contribution >= 0.6 is 11.8 Å². The standard InChI is InChI=1S/C24H21N3O5S2/c1-15-2-12-20(13-3-15)34(31,32)26-17-6-10-19(11-7-17)33-21-14-22(28)27(24(21)30)18-8-4-16(5-9-18)23(25)29/h2-13,21,26H,14H2,1H3,(H2,25,29). The summed E-state index contributed by atoms with van der Waals surface area (Å²) in [5.41, 5.74) is 7.24. The molecule has 10 heteroatoms. The SMILES string of the molecule is Cc1ccc(S(=O)(=O)Nc2ccc(SC3CC(=O)N(c4ccc(C(N)=O)cc4)C3=O)cc2)cc1. The monoisotopic (exact) mass is 495 g/mol. The number of imide groups is 1. The number of thioether (sulfide) groups is 1. The highest BCUT2D eigenvalue weighted by Gasteiger charge is 2.40. The van der Waals surface area contributed by atoms with Crippen LogP contribution in [0.5, 0.6) is 0 Å². The number of nitrogens with two attached hydrogens (primary N) is 1. The highest BCUT2D eigenvalue weighted by molar-refractivity contribution is 8.00. The molecule has 0 bridgehead atoms. The molecule has 34 heavy (non-hydrogen) atoms. The van der Waals surface area contributed by atoms with Crippen molar-refractivity contribution >= 4 is 50.9 Å². The van der Waals surface area contributed by atoms with Gasteiger partial charge in [0.2, 0.25) is 17.7 Å². The minimum absolute atomic E-state index is 0.0306. The van der Waals surface area contributed by atoms with Crippen LogP contribution in [-0.4, -0.2) is 31.4 Å². The molecule has 1 aliphatic heterocycles. The normalized spacial score (nSPS) is 16.0. The van der Waals surface area contributed by atoms with Gasteiger partial charge in [-0.15, -0.1) is 11.8 Å². The largest absolute Gasteiger partial charge is 0.366 e. The quantitative estimate of drug-likeness (QED) is 0.484. The molecular formula is C24H21N3O5S2. The number of sulfonamides is 1. The van der Waals surface area contributed by atoms with Crippen LogP contribution < -0.4 is 15.4 Å². The van der Waals surface area contributed by atoms with Crippen LogP contribution in [0.4, 0.5) is 11.4 Å². The molecular weight excluding hydrogens is 474 g/mol. The van der Waals surface area contributed by atoms with Crippen LogP contribution in [0.2, 0.25) is 0 Å². The van der Waals surface area contributed by atoms with E-state index < -0.39 is 21.2 Å². The number of benzene rings is 3. The lowest BCUT2D eigenvalue weighted by molar-refractivity contribution is -0.121. The Bertz CT molecular complexity index is 1350. The fourth-order valence-electron chi connectivity index (χ4n) is 3.44. The van der Waals surface area contributed by atoms with Crippen molar-refractivity contribution in [3.05, 3.63) is 83.9 Å². The second-order valence-electron chi connectivity index (χ2n) is 7.73. The Hall–Kier alpha value is -3.63. The molecule has 0 radical (unpaired) electrons. The molecule has 1 unspecified atom stereocenters. The van der Waals surface area contributed by atoms with Crippen LogP contribution in [0.25, 0.3) is 0 Å². The molecule has 0 spiro atoms. The Morgan fingerprint density at radius 1 is 0.971 bits per heavy atom. The average Bonchev–Trinajstić information content (AvgIpc) is 3.08. The number of amides is 3. The van der Waals surface area contributed by atoms with Crippen molar-refractivity contribution in [1.29, 1.82) is 0 Å². The maximum absolute atomic E-state index is 12.9. The number of hydrogen-bond acceptors (Lipinski definition) is 6. The molecule has 0 saturated carbocycles. The molecule has 0 aliphatic carbocycles. The van der Waals surface area contributed by atoms with E-state index in [1.165, 1.54) is 48.2 Å². The van der Waals surface area contributed by atoms with E-state index >= 15 is 0 Å². The van der Waals surface area contributed by atoms with Gasteiger partial charge >= 0.3 is 0 Å². The van der Waals surface area contributed by atoms with Crippen LogP contribution in [0.15, 0.2) is 82.6 Å². The van der Waals surface area contributed by atoms with Gasteiger partial charge in [-0.1, -0.05) is 17.7 Å². The molecule has 8 nitrogen and oxygen atoms in total. The molecule has 3 N–H and O–H groups in total. The lowest BCUT2D eigenvalue weighted by atomic mass is 10.2.